The minimum Gasteiger partial charge on any atom is -0.410 e. The number of hydrogen-bond donors (Lipinski definition) is 1. The molecular weight excluding hydrogens is 703 g/mol. The van der Waals surface area contributed by atoms with Crippen LogP contribution in [0.25, 0.3) is 0 Å². The van der Waals surface area contributed by atoms with Crippen molar-refractivity contribution < 1.29 is 45.5 Å². The number of piperidine rings is 2. The molecule has 1 N–H and O–H groups in total. The van der Waals surface area contributed by atoms with Crippen molar-refractivity contribution in [3.8, 4) is 5.75 Å². The number of halogens is 5. The van der Waals surface area contributed by atoms with Gasteiger partial charge in [0.1, 0.15) is 5.75 Å². The summed E-state index contributed by atoms with van der Waals surface area (Å²) in [4.78, 5) is 17.7. The van der Waals surface area contributed by atoms with Gasteiger partial charge in [-0.3, -0.25) is 4.21 Å². The Morgan fingerprint density at radius 3 is 2.42 bits per heavy atom. The van der Waals surface area contributed by atoms with Crippen molar-refractivity contribution in [2.24, 2.45) is 23.2 Å². The maximum absolute atomic E-state index is 13.4. The van der Waals surface area contributed by atoms with E-state index in [4.69, 9.17) is 9.47 Å². The molecular formula is C39H57F5N2O5S. The van der Waals surface area contributed by atoms with Crippen molar-refractivity contribution in [3.05, 3.63) is 29.3 Å². The molecule has 6 rings (SSSR count). The molecule has 52 heavy (non-hydrogen) atoms. The van der Waals surface area contributed by atoms with E-state index in [1.165, 1.54) is 24.8 Å². The number of aliphatic hydroxyl groups is 1. The van der Waals surface area contributed by atoms with Crippen LogP contribution < -0.4 is 4.74 Å². The summed E-state index contributed by atoms with van der Waals surface area (Å²) >= 11 is 0. The van der Waals surface area contributed by atoms with Gasteiger partial charge < -0.3 is 24.4 Å². The molecule has 2 saturated carbocycles. The molecule has 0 radical (unpaired) electrons. The zero-order valence-corrected chi connectivity index (χ0v) is 31.3. The van der Waals surface area contributed by atoms with Crippen LogP contribution in [0.5, 0.6) is 5.75 Å². The third-order valence-corrected chi connectivity index (χ3v) is 14.7. The maximum Gasteiger partial charge on any atom is 0.453 e. The summed E-state index contributed by atoms with van der Waals surface area (Å²) in [5, 5.41) is 9.45. The minimum atomic E-state index is -5.60. The monoisotopic (exact) mass is 760 g/mol. The van der Waals surface area contributed by atoms with Crippen molar-refractivity contribution in [2.45, 2.75) is 127 Å². The first-order valence-electron chi connectivity index (χ1n) is 19.7. The van der Waals surface area contributed by atoms with Gasteiger partial charge in [0.25, 0.3) is 0 Å². The maximum atomic E-state index is 13.4. The van der Waals surface area contributed by atoms with Crippen LogP contribution >= 0.6 is 0 Å². The van der Waals surface area contributed by atoms with Gasteiger partial charge in [0.15, 0.2) is 0 Å². The SMILES string of the molecule is C[C@]12CC[C@@H]3c4ccc(OC(=O)N5CCC(N6CCCCC6)CC5)cc4C[C@@H](CCCS(=O)CCCC(F)(F)C(F)(F)F)[C@H]3[C@@H]1CC[C@@H]2OCCO. The second kappa shape index (κ2) is 16.9. The smallest absolute Gasteiger partial charge is 0.410 e. The van der Waals surface area contributed by atoms with E-state index in [0.29, 0.717) is 55.7 Å². The zero-order valence-electron chi connectivity index (χ0n) is 30.5. The molecule has 0 bridgehead atoms. The van der Waals surface area contributed by atoms with Crippen LogP contribution in [0, 0.1) is 23.2 Å². The average molecular weight is 761 g/mol. The van der Waals surface area contributed by atoms with Crippen LogP contribution in [-0.4, -0.2) is 100 Å². The van der Waals surface area contributed by atoms with E-state index in [9.17, 15) is 36.1 Å². The van der Waals surface area contributed by atoms with Gasteiger partial charge >= 0.3 is 18.2 Å². The predicted molar refractivity (Wildman–Crippen MR) is 190 cm³/mol. The first kappa shape index (κ1) is 39.9. The summed E-state index contributed by atoms with van der Waals surface area (Å²) in [6, 6.07) is 6.61. The Hall–Kier alpha value is -1.83. The second-order valence-corrected chi connectivity index (χ2v) is 18.0. The van der Waals surface area contributed by atoms with E-state index in [2.05, 4.69) is 17.9 Å². The number of fused-ring (bicyclic) bond motifs is 5. The molecule has 1 aromatic rings. The van der Waals surface area contributed by atoms with Gasteiger partial charge in [0.05, 0.1) is 19.3 Å². The van der Waals surface area contributed by atoms with Crippen molar-refractivity contribution in [1.82, 2.24) is 9.80 Å². The summed E-state index contributed by atoms with van der Waals surface area (Å²) < 4.78 is 89.4. The fourth-order valence-corrected chi connectivity index (χ4v) is 11.8. The van der Waals surface area contributed by atoms with E-state index in [1.807, 2.05) is 17.0 Å². The summed E-state index contributed by atoms with van der Waals surface area (Å²) in [5.41, 5.74) is 2.42. The standard InChI is InChI=1S/C39H57F5N2O5S/c1-37-16-12-32-31-9-8-30(51-36(48)46-19-13-29(14-20-46)45-17-3-2-4-18-45)26-28(31)25-27(35(32)33(37)10-11-34(37)50-22-21-47)7-5-23-52(49)24-6-15-38(40,41)39(42,43)44/h8-9,26-27,29,32-35,47H,2-7,10-25H2,1H3/t27-,32-,33+,34+,35-,37+,52?/m1/s1. The van der Waals surface area contributed by atoms with Crippen LogP contribution in [-0.2, 0) is 22.0 Å². The fraction of sp³-hybridized carbons (Fsp3) is 0.821. The Bertz CT molecular complexity index is 1390. The normalized spacial score (nSPS) is 30.8. The molecule has 2 aliphatic heterocycles. The van der Waals surface area contributed by atoms with Crippen LogP contribution in [0.3, 0.4) is 0 Å². The van der Waals surface area contributed by atoms with E-state index in [1.54, 1.807) is 0 Å². The van der Waals surface area contributed by atoms with Gasteiger partial charge in [0.2, 0.25) is 0 Å². The highest BCUT2D eigenvalue weighted by Gasteiger charge is 2.58. The summed E-state index contributed by atoms with van der Waals surface area (Å²) in [6.45, 7) is 6.28. The molecule has 0 aromatic heterocycles. The molecule has 5 aliphatic rings. The molecule has 2 heterocycles. The highest BCUT2D eigenvalue weighted by Crippen LogP contribution is 2.63. The second-order valence-electron chi connectivity index (χ2n) is 16.3. The lowest BCUT2D eigenvalue weighted by Crippen LogP contribution is -2.48. The number of alkyl halides is 5. The Balaban J connectivity index is 1.11. The van der Waals surface area contributed by atoms with Gasteiger partial charge in [-0.15, -0.1) is 0 Å². The number of benzene rings is 1. The average Bonchev–Trinajstić information content (AvgIpc) is 3.46. The van der Waals surface area contributed by atoms with Crippen molar-refractivity contribution >= 4 is 16.9 Å². The number of carbonyl (C=O) groups excluding carboxylic acids is 1. The number of amides is 1. The first-order chi connectivity index (χ1) is 24.8. The Morgan fingerprint density at radius 1 is 0.981 bits per heavy atom. The van der Waals surface area contributed by atoms with Gasteiger partial charge in [-0.2, -0.15) is 22.0 Å². The Kier molecular flexibility index (Phi) is 12.9. The topological polar surface area (TPSA) is 79.3 Å². The lowest BCUT2D eigenvalue weighted by molar-refractivity contribution is -0.284. The molecule has 1 amide bonds. The molecule has 7 atom stereocenters. The largest absolute Gasteiger partial charge is 0.453 e. The number of likely N-dealkylation sites (tertiary alicyclic amines) is 2. The minimum absolute atomic E-state index is 0.0198. The molecule has 0 spiro atoms. The van der Waals surface area contributed by atoms with E-state index >= 15 is 0 Å². The number of rotatable bonds is 13. The molecule has 3 aliphatic carbocycles. The molecule has 1 aromatic carbocycles. The summed E-state index contributed by atoms with van der Waals surface area (Å²) in [5.74, 6) is -2.87. The van der Waals surface area contributed by atoms with Gasteiger partial charge in [-0.05, 0) is 142 Å². The molecule has 2 saturated heterocycles. The lowest BCUT2D eigenvalue weighted by Gasteiger charge is -2.53. The number of carbonyl (C=O) groups is 1. The molecule has 13 heteroatoms. The fourth-order valence-electron chi connectivity index (χ4n) is 10.6. The number of hydrogen-bond acceptors (Lipinski definition) is 6. The highest BCUT2D eigenvalue weighted by molar-refractivity contribution is 7.84. The quantitative estimate of drug-likeness (QED) is 0.205. The summed E-state index contributed by atoms with van der Waals surface area (Å²) in [7, 11) is -1.49. The number of nitrogens with zero attached hydrogens (tertiary/aromatic N) is 2. The Labute approximate surface area is 307 Å². The Morgan fingerprint density at radius 2 is 1.71 bits per heavy atom. The van der Waals surface area contributed by atoms with Crippen LogP contribution in [0.4, 0.5) is 26.7 Å². The molecule has 7 nitrogen and oxygen atoms in total. The lowest BCUT2D eigenvalue weighted by atomic mass is 9.52. The van der Waals surface area contributed by atoms with Crippen molar-refractivity contribution in [3.63, 3.8) is 0 Å². The van der Waals surface area contributed by atoms with Crippen LogP contribution in [0.1, 0.15) is 107 Å². The zero-order chi connectivity index (χ0) is 37.1. The molecule has 4 fully saturated rings. The van der Waals surface area contributed by atoms with Gasteiger partial charge in [-0.1, -0.05) is 19.4 Å². The van der Waals surface area contributed by atoms with E-state index in [-0.39, 0.29) is 41.6 Å². The first-order valence-corrected chi connectivity index (χ1v) is 21.1. The third kappa shape index (κ3) is 8.83. The third-order valence-electron chi connectivity index (χ3n) is 13.3. The number of ether oxygens (including phenoxy) is 2. The van der Waals surface area contributed by atoms with Gasteiger partial charge in [0, 0.05) is 47.9 Å². The summed E-state index contributed by atoms with van der Waals surface area (Å²) in [6.07, 6.45) is 4.11. The predicted octanol–water partition coefficient (Wildman–Crippen LogP) is 8.10. The van der Waals surface area contributed by atoms with E-state index < -0.39 is 35.7 Å². The van der Waals surface area contributed by atoms with Crippen molar-refractivity contribution in [1.29, 1.82) is 0 Å². The highest BCUT2D eigenvalue weighted by atomic mass is 32.2. The van der Waals surface area contributed by atoms with Gasteiger partial charge in [-0.25, -0.2) is 4.79 Å². The van der Waals surface area contributed by atoms with Crippen LogP contribution in [0.2, 0.25) is 0 Å². The van der Waals surface area contributed by atoms with Crippen molar-refractivity contribution in [2.75, 3.05) is 50.9 Å². The molecule has 294 valence electrons. The number of aliphatic hydroxyl groups excluding tert-OH is 1. The van der Waals surface area contributed by atoms with Crippen LogP contribution in [0.15, 0.2) is 18.2 Å². The molecule has 1 unspecified atom stereocenters. The van der Waals surface area contributed by atoms with E-state index in [0.717, 1.165) is 70.0 Å².